The number of anilines is 2. The van der Waals surface area contributed by atoms with E-state index in [4.69, 9.17) is 0 Å². The molecule has 1 saturated carbocycles. The van der Waals surface area contributed by atoms with Gasteiger partial charge in [-0.25, -0.2) is 12.8 Å². The molecule has 0 atom stereocenters. The van der Waals surface area contributed by atoms with Crippen LogP contribution in [0, 0.1) is 6.92 Å². The highest BCUT2D eigenvalue weighted by atomic mass is 32.2. The van der Waals surface area contributed by atoms with Crippen molar-refractivity contribution in [1.82, 2.24) is 5.16 Å². The Labute approximate surface area is 192 Å². The van der Waals surface area contributed by atoms with Crippen LogP contribution in [0.5, 0.6) is 0 Å². The van der Waals surface area contributed by atoms with Gasteiger partial charge in [-0.2, -0.15) is 43.9 Å². The largest absolute Gasteiger partial charge is 0.384 e. The first-order chi connectivity index (χ1) is 16.1. The molecule has 0 saturated heterocycles. The molecule has 1 fully saturated rings. The highest BCUT2D eigenvalue weighted by Gasteiger charge is 3.02. The topological polar surface area (TPSA) is 101 Å². The fourth-order valence-corrected chi connectivity index (χ4v) is 4.04. The molecule has 200 valence electrons. The molecule has 1 aromatic heterocycles. The van der Waals surface area contributed by atoms with E-state index in [9.17, 15) is 61.5 Å². The number of hydrogen-bond acceptors (Lipinski definition) is 5. The zero-order chi connectivity index (χ0) is 27.8. The number of alkyl halides is 11. The van der Waals surface area contributed by atoms with Crippen LogP contribution >= 0.6 is 0 Å². The summed E-state index contributed by atoms with van der Waals surface area (Å²) in [5.74, 6) is -40.7. The number of halogens is 11. The zero-order valence-corrected chi connectivity index (χ0v) is 17.8. The van der Waals surface area contributed by atoms with Crippen LogP contribution in [0.4, 0.5) is 59.8 Å². The van der Waals surface area contributed by atoms with Crippen molar-refractivity contribution in [2.45, 2.75) is 47.1 Å². The SMILES string of the molecule is Cc1cc(NS(=O)(=O)c2ccc(NC(=O)C3(F)C(F)(F)C(F)(F)C(F)(F)C(F)(F)C3(F)F)cc2)no1. The number of aromatic nitrogens is 1. The summed E-state index contributed by atoms with van der Waals surface area (Å²) in [6.07, 6.45) is 0. The second-order valence-electron chi connectivity index (χ2n) is 7.44. The van der Waals surface area contributed by atoms with E-state index in [-0.39, 0.29) is 11.6 Å². The van der Waals surface area contributed by atoms with Gasteiger partial charge in [-0.05, 0) is 31.2 Å². The van der Waals surface area contributed by atoms with Crippen LogP contribution in [0.3, 0.4) is 0 Å². The summed E-state index contributed by atoms with van der Waals surface area (Å²) in [5, 5.41) is 4.19. The second kappa shape index (κ2) is 7.69. The van der Waals surface area contributed by atoms with Gasteiger partial charge in [0.05, 0.1) is 4.90 Å². The lowest BCUT2D eigenvalue weighted by Gasteiger charge is -2.51. The highest BCUT2D eigenvalue weighted by molar-refractivity contribution is 7.92. The molecular weight excluding hydrogens is 551 g/mol. The molecule has 0 spiro atoms. The Bertz CT molecular complexity index is 1260. The molecule has 2 aromatic rings. The first-order valence-electron chi connectivity index (χ1n) is 9.03. The van der Waals surface area contributed by atoms with Crippen LogP contribution in [0.15, 0.2) is 39.8 Å². The number of benzene rings is 1. The molecular formula is C17H10F11N3O4S. The van der Waals surface area contributed by atoms with Gasteiger partial charge in [0.2, 0.25) is 0 Å². The molecule has 0 unspecified atom stereocenters. The number of carbonyl (C=O) groups excluding carboxylic acids is 1. The van der Waals surface area contributed by atoms with Crippen molar-refractivity contribution < 1.29 is 66.0 Å². The van der Waals surface area contributed by atoms with E-state index < -0.39 is 61.8 Å². The average Bonchev–Trinajstić information content (AvgIpc) is 3.15. The second-order valence-corrected chi connectivity index (χ2v) is 9.12. The molecule has 2 N–H and O–H groups in total. The van der Waals surface area contributed by atoms with Crippen LogP contribution in [-0.4, -0.2) is 54.8 Å². The number of amides is 1. The van der Waals surface area contributed by atoms with Crippen molar-refractivity contribution in [3.63, 3.8) is 0 Å². The van der Waals surface area contributed by atoms with E-state index in [0.717, 1.165) is 11.4 Å². The zero-order valence-electron chi connectivity index (χ0n) is 17.0. The van der Waals surface area contributed by atoms with Crippen molar-refractivity contribution in [3.8, 4) is 0 Å². The number of nitrogens with one attached hydrogen (secondary N) is 2. The predicted molar refractivity (Wildman–Crippen MR) is 95.7 cm³/mol. The molecule has 36 heavy (non-hydrogen) atoms. The number of rotatable bonds is 5. The van der Waals surface area contributed by atoms with Crippen molar-refractivity contribution in [2.24, 2.45) is 0 Å². The summed E-state index contributed by atoms with van der Waals surface area (Å²) in [6, 6.07) is 3.14. The lowest BCUT2D eigenvalue weighted by Crippen LogP contribution is -2.86. The number of carbonyl (C=O) groups is 1. The number of nitrogens with zero attached hydrogens (tertiary/aromatic N) is 1. The lowest BCUT2D eigenvalue weighted by molar-refractivity contribution is -0.475. The van der Waals surface area contributed by atoms with Crippen molar-refractivity contribution in [1.29, 1.82) is 0 Å². The lowest BCUT2D eigenvalue weighted by atomic mass is 9.71. The summed E-state index contributed by atoms with van der Waals surface area (Å²) in [4.78, 5) is 11.3. The molecule has 19 heteroatoms. The van der Waals surface area contributed by atoms with Crippen molar-refractivity contribution in [2.75, 3.05) is 10.0 Å². The molecule has 3 rings (SSSR count). The Balaban J connectivity index is 1.95. The Morgan fingerprint density at radius 3 is 1.67 bits per heavy atom. The van der Waals surface area contributed by atoms with Gasteiger partial charge in [-0.3, -0.25) is 9.52 Å². The molecule has 1 heterocycles. The Hall–Kier alpha value is -3.12. The van der Waals surface area contributed by atoms with Gasteiger partial charge in [0.25, 0.3) is 15.9 Å². The molecule has 1 amide bonds. The Morgan fingerprint density at radius 1 is 0.806 bits per heavy atom. The van der Waals surface area contributed by atoms with Gasteiger partial charge in [-0.1, -0.05) is 5.16 Å². The van der Waals surface area contributed by atoms with Crippen LogP contribution in [0.2, 0.25) is 0 Å². The summed E-state index contributed by atoms with van der Waals surface area (Å²) < 4.78 is 182. The first kappa shape index (κ1) is 27.5. The van der Waals surface area contributed by atoms with Gasteiger partial charge in [0.1, 0.15) is 5.76 Å². The van der Waals surface area contributed by atoms with Gasteiger partial charge < -0.3 is 9.84 Å². The van der Waals surface area contributed by atoms with Gasteiger partial charge >= 0.3 is 35.3 Å². The van der Waals surface area contributed by atoms with Crippen LogP contribution in [0.1, 0.15) is 5.76 Å². The monoisotopic (exact) mass is 561 g/mol. The smallest absolute Gasteiger partial charge is 0.360 e. The Morgan fingerprint density at radius 2 is 1.25 bits per heavy atom. The maximum atomic E-state index is 14.7. The molecule has 0 aliphatic heterocycles. The third kappa shape index (κ3) is 3.34. The van der Waals surface area contributed by atoms with Crippen LogP contribution in [0.25, 0.3) is 0 Å². The standard InChI is InChI=1S/C17H10F11N3O4S/c1-7-6-10(30-35-7)31-36(33,34)9-4-2-8(3-5-9)29-11(32)12(18)13(19,20)15(23,24)17(27,28)16(25,26)14(12,21)22/h2-6H,1H3,(H,29,32)(H,30,31). The quantitative estimate of drug-likeness (QED) is 0.519. The molecule has 0 radical (unpaired) electrons. The summed E-state index contributed by atoms with van der Waals surface area (Å²) >= 11 is 0. The normalized spacial score (nSPS) is 23.0. The molecule has 1 aliphatic rings. The molecule has 1 aromatic carbocycles. The third-order valence-corrected chi connectivity index (χ3v) is 6.42. The maximum Gasteiger partial charge on any atom is 0.384 e. The van der Waals surface area contributed by atoms with E-state index in [2.05, 4.69) is 9.68 Å². The molecule has 1 aliphatic carbocycles. The fourth-order valence-electron chi connectivity index (χ4n) is 3.05. The Kier molecular flexibility index (Phi) is 5.87. The summed E-state index contributed by atoms with van der Waals surface area (Å²) in [6.45, 7) is 1.41. The third-order valence-electron chi connectivity index (χ3n) is 5.04. The average molecular weight is 561 g/mol. The van der Waals surface area contributed by atoms with E-state index >= 15 is 0 Å². The van der Waals surface area contributed by atoms with E-state index in [1.165, 1.54) is 6.92 Å². The minimum atomic E-state index is -7.46. The van der Waals surface area contributed by atoms with E-state index in [1.54, 1.807) is 0 Å². The van der Waals surface area contributed by atoms with E-state index in [1.807, 2.05) is 4.72 Å². The van der Waals surface area contributed by atoms with E-state index in [0.29, 0.717) is 24.3 Å². The highest BCUT2D eigenvalue weighted by Crippen LogP contribution is 2.69. The van der Waals surface area contributed by atoms with Crippen LogP contribution < -0.4 is 10.0 Å². The molecule has 0 bridgehead atoms. The van der Waals surface area contributed by atoms with Crippen molar-refractivity contribution in [3.05, 3.63) is 36.1 Å². The van der Waals surface area contributed by atoms with Crippen LogP contribution in [-0.2, 0) is 14.8 Å². The fraction of sp³-hybridized carbons (Fsp3) is 0.412. The maximum absolute atomic E-state index is 14.7. The molecule has 7 nitrogen and oxygen atoms in total. The minimum absolute atomic E-state index is 0.191. The van der Waals surface area contributed by atoms with Crippen molar-refractivity contribution >= 4 is 27.4 Å². The predicted octanol–water partition coefficient (Wildman–Crippen LogP) is 4.62. The van der Waals surface area contributed by atoms with Gasteiger partial charge in [0, 0.05) is 11.8 Å². The summed E-state index contributed by atoms with van der Waals surface area (Å²) in [5.41, 5.74) is -7.92. The summed E-state index contributed by atoms with van der Waals surface area (Å²) in [7, 11) is -4.44. The number of sulfonamides is 1. The first-order valence-corrected chi connectivity index (χ1v) is 10.5. The number of hydrogen-bond donors (Lipinski definition) is 2. The number of aryl methyl sites for hydroxylation is 1. The minimum Gasteiger partial charge on any atom is -0.360 e. The van der Waals surface area contributed by atoms with Gasteiger partial charge in [0.15, 0.2) is 5.82 Å². The van der Waals surface area contributed by atoms with Gasteiger partial charge in [-0.15, -0.1) is 0 Å².